The van der Waals surface area contributed by atoms with Gasteiger partial charge in [0.2, 0.25) is 0 Å². The smallest absolute Gasteiger partial charge is 0.330 e. The Morgan fingerprint density at radius 2 is 1.50 bits per heavy atom. The predicted molar refractivity (Wildman–Crippen MR) is 84.1 cm³/mol. The Labute approximate surface area is 125 Å². The molecule has 0 aromatic carbocycles. The van der Waals surface area contributed by atoms with Crippen molar-refractivity contribution in [3.63, 3.8) is 0 Å². The van der Waals surface area contributed by atoms with Crippen LogP contribution in [0.25, 0.3) is 0 Å². The molecule has 20 heavy (non-hydrogen) atoms. The lowest BCUT2D eigenvalue weighted by Gasteiger charge is -2.15. The van der Waals surface area contributed by atoms with E-state index in [-0.39, 0.29) is 11.9 Å². The summed E-state index contributed by atoms with van der Waals surface area (Å²) >= 11 is 0. The fourth-order valence-corrected chi connectivity index (χ4v) is 4.55. The summed E-state index contributed by atoms with van der Waals surface area (Å²) in [7, 11) is 0.237. The first-order valence-electron chi connectivity index (χ1n) is 6.71. The number of rotatable bonds is 12. The van der Waals surface area contributed by atoms with Crippen molar-refractivity contribution in [3.8, 4) is 0 Å². The molecule has 0 atom stereocenters. The standard InChI is InChI=1S/C13H24O5Si2/c1-3-12(14)16-9-5-7-11(20-18-19)8-6-10-17-13(15)4-2/h3-4,11H,1-2,5-10,20H2,19H3. The first-order chi connectivity index (χ1) is 9.63. The highest BCUT2D eigenvalue weighted by atomic mass is 28.3. The van der Waals surface area contributed by atoms with Gasteiger partial charge in [-0.05, 0) is 31.2 Å². The summed E-state index contributed by atoms with van der Waals surface area (Å²) in [6.07, 6.45) is 5.95. The van der Waals surface area contributed by atoms with E-state index in [0.717, 1.165) is 36.2 Å². The Balaban J connectivity index is 3.74. The molecular formula is C13H24O5Si2. The van der Waals surface area contributed by atoms with Crippen molar-refractivity contribution < 1.29 is 23.2 Å². The van der Waals surface area contributed by atoms with Crippen molar-refractivity contribution in [3.05, 3.63) is 25.3 Å². The molecule has 0 N–H and O–H groups in total. The van der Waals surface area contributed by atoms with Crippen molar-refractivity contribution in [2.24, 2.45) is 0 Å². The van der Waals surface area contributed by atoms with Gasteiger partial charge in [0.1, 0.15) is 20.2 Å². The normalized spacial score (nSPS) is 10.8. The van der Waals surface area contributed by atoms with Crippen LogP contribution in [0.5, 0.6) is 0 Å². The van der Waals surface area contributed by atoms with Crippen LogP contribution in [0.3, 0.4) is 0 Å². The molecule has 7 heteroatoms. The predicted octanol–water partition coefficient (Wildman–Crippen LogP) is 0.174. The van der Waals surface area contributed by atoms with Crippen LogP contribution in [-0.4, -0.2) is 45.4 Å². The molecule has 0 amide bonds. The van der Waals surface area contributed by atoms with Crippen LogP contribution in [0, 0.1) is 0 Å². The molecule has 0 aliphatic rings. The first kappa shape index (κ1) is 18.8. The summed E-state index contributed by atoms with van der Waals surface area (Å²) in [5, 5.41) is 0. The largest absolute Gasteiger partial charge is 0.468 e. The van der Waals surface area contributed by atoms with Crippen LogP contribution >= 0.6 is 0 Å². The molecule has 0 aliphatic carbocycles. The lowest BCUT2D eigenvalue weighted by molar-refractivity contribution is -0.138. The van der Waals surface area contributed by atoms with E-state index in [9.17, 15) is 9.59 Å². The molecule has 0 unspecified atom stereocenters. The van der Waals surface area contributed by atoms with Gasteiger partial charge in [0.25, 0.3) is 0 Å². The van der Waals surface area contributed by atoms with Gasteiger partial charge in [-0.25, -0.2) is 9.59 Å². The Morgan fingerprint density at radius 3 is 1.85 bits per heavy atom. The molecule has 0 saturated heterocycles. The highest BCUT2D eigenvalue weighted by Gasteiger charge is 2.10. The second-order valence-electron chi connectivity index (χ2n) is 4.35. The highest BCUT2D eigenvalue weighted by Crippen LogP contribution is 2.19. The van der Waals surface area contributed by atoms with E-state index in [0.29, 0.717) is 18.8 Å². The van der Waals surface area contributed by atoms with E-state index in [2.05, 4.69) is 13.2 Å². The van der Waals surface area contributed by atoms with Crippen LogP contribution in [0.15, 0.2) is 25.3 Å². The second-order valence-corrected chi connectivity index (χ2v) is 8.15. The summed E-state index contributed by atoms with van der Waals surface area (Å²) in [5.74, 6) is -0.761. The van der Waals surface area contributed by atoms with Gasteiger partial charge in [0, 0.05) is 12.2 Å². The summed E-state index contributed by atoms with van der Waals surface area (Å²) in [4.78, 5) is 21.8. The number of ether oxygens (including phenoxy) is 2. The lowest BCUT2D eigenvalue weighted by atomic mass is 10.1. The minimum Gasteiger partial charge on any atom is -0.468 e. The summed E-state index contributed by atoms with van der Waals surface area (Å²) in [6.45, 7) is 7.52. The number of esters is 2. The Kier molecular flexibility index (Phi) is 12.1. The molecular weight excluding hydrogens is 292 g/mol. The molecule has 0 radical (unpaired) electrons. The second kappa shape index (κ2) is 12.8. The zero-order valence-electron chi connectivity index (χ0n) is 12.1. The van der Waals surface area contributed by atoms with Gasteiger partial charge >= 0.3 is 11.9 Å². The van der Waals surface area contributed by atoms with Crippen molar-refractivity contribution in [2.45, 2.75) is 31.2 Å². The maximum Gasteiger partial charge on any atom is 0.330 e. The maximum absolute atomic E-state index is 10.9. The number of carbonyl (C=O) groups is 2. The zero-order valence-corrected chi connectivity index (χ0v) is 15.6. The van der Waals surface area contributed by atoms with Crippen molar-refractivity contribution in [1.82, 2.24) is 0 Å². The van der Waals surface area contributed by atoms with Crippen LogP contribution < -0.4 is 0 Å². The molecule has 0 rings (SSSR count). The van der Waals surface area contributed by atoms with Crippen molar-refractivity contribution >= 4 is 32.2 Å². The molecule has 0 heterocycles. The molecule has 0 fully saturated rings. The average molecular weight is 317 g/mol. The third kappa shape index (κ3) is 10.7. The quantitative estimate of drug-likeness (QED) is 0.222. The molecule has 5 nitrogen and oxygen atoms in total. The summed E-state index contributed by atoms with van der Waals surface area (Å²) in [5.41, 5.74) is 0.539. The molecule has 0 aromatic rings. The summed E-state index contributed by atoms with van der Waals surface area (Å²) < 4.78 is 15.3. The van der Waals surface area contributed by atoms with Gasteiger partial charge in [-0.3, -0.25) is 0 Å². The van der Waals surface area contributed by atoms with Crippen molar-refractivity contribution in [1.29, 1.82) is 0 Å². The van der Waals surface area contributed by atoms with Gasteiger partial charge in [0.15, 0.2) is 0 Å². The van der Waals surface area contributed by atoms with E-state index in [1.54, 1.807) is 0 Å². The molecule has 0 bridgehead atoms. The molecule has 114 valence electrons. The van der Waals surface area contributed by atoms with Gasteiger partial charge in [-0.15, -0.1) is 0 Å². The maximum atomic E-state index is 10.9. The number of hydrogen-bond acceptors (Lipinski definition) is 5. The van der Waals surface area contributed by atoms with E-state index in [4.69, 9.17) is 13.6 Å². The average Bonchev–Trinajstić information content (AvgIpc) is 2.46. The SMILES string of the molecule is C=CC(=O)OCCCC(CCCOC(=O)C=C)[SiH2]O[SiH3]. The van der Waals surface area contributed by atoms with Crippen molar-refractivity contribution in [2.75, 3.05) is 13.2 Å². The van der Waals surface area contributed by atoms with E-state index in [1.165, 1.54) is 12.2 Å². The van der Waals surface area contributed by atoms with Crippen LogP contribution in [0.2, 0.25) is 5.54 Å². The topological polar surface area (TPSA) is 61.8 Å². The van der Waals surface area contributed by atoms with Gasteiger partial charge in [0.05, 0.1) is 13.2 Å². The lowest BCUT2D eigenvalue weighted by Crippen LogP contribution is -2.11. The first-order valence-corrected chi connectivity index (χ1v) is 8.92. The fraction of sp³-hybridized carbons (Fsp3) is 0.538. The Bertz CT molecular complexity index is 292. The summed E-state index contributed by atoms with van der Waals surface area (Å²) in [6, 6.07) is 0. The highest BCUT2D eigenvalue weighted by molar-refractivity contribution is 6.36. The van der Waals surface area contributed by atoms with Gasteiger partial charge in [-0.1, -0.05) is 13.2 Å². The minimum absolute atomic E-state index is 0.380. The minimum atomic E-state index is -0.529. The molecule has 0 spiro atoms. The van der Waals surface area contributed by atoms with E-state index in [1.807, 2.05) is 0 Å². The Hall–Kier alpha value is -1.19. The van der Waals surface area contributed by atoms with Gasteiger partial charge < -0.3 is 13.6 Å². The molecule has 0 aliphatic heterocycles. The number of hydrogen-bond donors (Lipinski definition) is 0. The van der Waals surface area contributed by atoms with Crippen LogP contribution in [0.4, 0.5) is 0 Å². The fourth-order valence-electron chi connectivity index (χ4n) is 1.75. The van der Waals surface area contributed by atoms with E-state index >= 15 is 0 Å². The van der Waals surface area contributed by atoms with Crippen LogP contribution in [-0.2, 0) is 23.2 Å². The third-order valence-corrected chi connectivity index (χ3v) is 5.36. The molecule has 0 saturated carbocycles. The van der Waals surface area contributed by atoms with E-state index < -0.39 is 9.76 Å². The zero-order chi connectivity index (χ0) is 15.2. The Morgan fingerprint density at radius 1 is 1.05 bits per heavy atom. The third-order valence-electron chi connectivity index (χ3n) is 2.74. The van der Waals surface area contributed by atoms with Gasteiger partial charge in [-0.2, -0.15) is 0 Å². The number of carbonyl (C=O) groups excluding carboxylic acids is 2. The molecule has 0 aromatic heterocycles. The van der Waals surface area contributed by atoms with Crippen LogP contribution in [0.1, 0.15) is 25.7 Å². The monoisotopic (exact) mass is 316 g/mol.